The van der Waals surface area contributed by atoms with Crippen LogP contribution in [-0.4, -0.2) is 18.3 Å². The lowest BCUT2D eigenvalue weighted by Gasteiger charge is -2.09. The molecule has 0 aromatic heterocycles. The van der Waals surface area contributed by atoms with Gasteiger partial charge in [0.15, 0.2) is 5.78 Å². The van der Waals surface area contributed by atoms with E-state index in [0.29, 0.717) is 0 Å². The van der Waals surface area contributed by atoms with Gasteiger partial charge in [-0.05, 0) is 25.0 Å². The quantitative estimate of drug-likeness (QED) is 0.745. The summed E-state index contributed by atoms with van der Waals surface area (Å²) in [6.45, 7) is 1.62. The van der Waals surface area contributed by atoms with Gasteiger partial charge in [-0.25, -0.2) is 0 Å². The standard InChI is InChI=1S/C12H14OS2/c1-9(13)11(12(14-2)15-3)10-7-5-4-6-8-10/h4-8H,1-3H3. The van der Waals surface area contributed by atoms with Crippen molar-refractivity contribution in [1.29, 1.82) is 0 Å². The fraction of sp³-hybridized carbons (Fsp3) is 0.250. The van der Waals surface area contributed by atoms with Gasteiger partial charge in [-0.15, -0.1) is 23.5 Å². The third kappa shape index (κ3) is 3.14. The zero-order valence-electron chi connectivity index (χ0n) is 9.11. The molecule has 1 aromatic carbocycles. The molecule has 0 bridgehead atoms. The third-order valence-electron chi connectivity index (χ3n) is 1.99. The van der Waals surface area contributed by atoms with Crippen LogP contribution in [0.4, 0.5) is 0 Å². The molecule has 0 aliphatic carbocycles. The van der Waals surface area contributed by atoms with E-state index in [1.165, 1.54) is 0 Å². The van der Waals surface area contributed by atoms with E-state index in [9.17, 15) is 4.79 Å². The van der Waals surface area contributed by atoms with Gasteiger partial charge in [-0.2, -0.15) is 0 Å². The van der Waals surface area contributed by atoms with Gasteiger partial charge >= 0.3 is 0 Å². The number of Topliss-reactive ketones (excluding diaryl/α,β-unsaturated/α-hetero) is 1. The molecule has 0 saturated carbocycles. The SMILES string of the molecule is CSC(SC)=C(C(C)=O)c1ccccc1. The van der Waals surface area contributed by atoms with Gasteiger partial charge in [-0.3, -0.25) is 4.79 Å². The average Bonchev–Trinajstić information content (AvgIpc) is 2.26. The van der Waals surface area contributed by atoms with Crippen molar-refractivity contribution in [2.45, 2.75) is 6.92 Å². The second-order valence-electron chi connectivity index (χ2n) is 2.99. The van der Waals surface area contributed by atoms with Crippen LogP contribution < -0.4 is 0 Å². The smallest absolute Gasteiger partial charge is 0.162 e. The number of thioether (sulfide) groups is 2. The number of benzene rings is 1. The summed E-state index contributed by atoms with van der Waals surface area (Å²) in [6.07, 6.45) is 4.00. The number of carbonyl (C=O) groups is 1. The number of allylic oxidation sites excluding steroid dienone is 1. The molecular formula is C12H14OS2. The third-order valence-corrected chi connectivity index (χ3v) is 4.14. The van der Waals surface area contributed by atoms with Crippen molar-refractivity contribution in [2.24, 2.45) is 0 Å². The Kier molecular flexibility index (Phi) is 4.99. The minimum atomic E-state index is 0.125. The van der Waals surface area contributed by atoms with Crippen molar-refractivity contribution in [3.8, 4) is 0 Å². The Morgan fingerprint density at radius 2 is 1.60 bits per heavy atom. The summed E-state index contributed by atoms with van der Waals surface area (Å²) in [6, 6.07) is 9.82. The number of ketones is 1. The molecule has 15 heavy (non-hydrogen) atoms. The van der Waals surface area contributed by atoms with E-state index in [1.54, 1.807) is 30.4 Å². The molecule has 0 heterocycles. The van der Waals surface area contributed by atoms with Crippen LogP contribution in [0.3, 0.4) is 0 Å². The Hall–Kier alpha value is -0.670. The molecule has 1 nitrogen and oxygen atoms in total. The summed E-state index contributed by atoms with van der Waals surface area (Å²) >= 11 is 3.25. The topological polar surface area (TPSA) is 17.1 Å². The Morgan fingerprint density at radius 1 is 1.07 bits per heavy atom. The molecule has 3 heteroatoms. The van der Waals surface area contributed by atoms with E-state index in [-0.39, 0.29) is 5.78 Å². The summed E-state index contributed by atoms with van der Waals surface area (Å²) in [7, 11) is 0. The first-order valence-electron chi connectivity index (χ1n) is 4.59. The fourth-order valence-corrected chi connectivity index (χ4v) is 2.96. The van der Waals surface area contributed by atoms with Crippen LogP contribution in [0.25, 0.3) is 5.57 Å². The van der Waals surface area contributed by atoms with E-state index < -0.39 is 0 Å². The Morgan fingerprint density at radius 3 is 2.00 bits per heavy atom. The summed E-state index contributed by atoms with van der Waals surface area (Å²) in [5.74, 6) is 0.125. The van der Waals surface area contributed by atoms with E-state index in [4.69, 9.17) is 0 Å². The van der Waals surface area contributed by atoms with Gasteiger partial charge in [0.25, 0.3) is 0 Å². The molecule has 0 spiro atoms. The highest BCUT2D eigenvalue weighted by Crippen LogP contribution is 2.33. The number of hydrogen-bond donors (Lipinski definition) is 0. The summed E-state index contributed by atoms with van der Waals surface area (Å²) in [5, 5.41) is 0. The predicted molar refractivity (Wildman–Crippen MR) is 71.1 cm³/mol. The zero-order valence-corrected chi connectivity index (χ0v) is 10.7. The lowest BCUT2D eigenvalue weighted by Crippen LogP contribution is -1.97. The largest absolute Gasteiger partial charge is 0.294 e. The average molecular weight is 238 g/mol. The summed E-state index contributed by atoms with van der Waals surface area (Å²) in [5.41, 5.74) is 1.83. The summed E-state index contributed by atoms with van der Waals surface area (Å²) in [4.78, 5) is 11.6. The van der Waals surface area contributed by atoms with Crippen LogP contribution in [0.1, 0.15) is 12.5 Å². The van der Waals surface area contributed by atoms with Gasteiger partial charge in [-0.1, -0.05) is 30.3 Å². The molecule has 1 aromatic rings. The minimum absolute atomic E-state index is 0.125. The maximum absolute atomic E-state index is 11.6. The van der Waals surface area contributed by atoms with Crippen LogP contribution in [0.15, 0.2) is 34.6 Å². The molecule has 0 fully saturated rings. The maximum atomic E-state index is 11.6. The van der Waals surface area contributed by atoms with Crippen LogP contribution in [0.2, 0.25) is 0 Å². The highest BCUT2D eigenvalue weighted by molar-refractivity contribution is 8.22. The lowest BCUT2D eigenvalue weighted by molar-refractivity contribution is -0.111. The minimum Gasteiger partial charge on any atom is -0.294 e. The molecule has 0 radical (unpaired) electrons. The molecule has 0 unspecified atom stereocenters. The van der Waals surface area contributed by atoms with Crippen molar-refractivity contribution in [3.63, 3.8) is 0 Å². The first-order valence-corrected chi connectivity index (χ1v) is 7.04. The van der Waals surface area contributed by atoms with Crippen LogP contribution in [0.5, 0.6) is 0 Å². The molecule has 80 valence electrons. The second-order valence-corrected chi connectivity index (χ2v) is 4.88. The van der Waals surface area contributed by atoms with Crippen molar-refractivity contribution >= 4 is 34.9 Å². The van der Waals surface area contributed by atoms with Gasteiger partial charge in [0, 0.05) is 5.57 Å². The molecule has 1 rings (SSSR count). The van der Waals surface area contributed by atoms with Crippen LogP contribution >= 0.6 is 23.5 Å². The number of carbonyl (C=O) groups excluding carboxylic acids is 1. The van der Waals surface area contributed by atoms with Crippen LogP contribution in [-0.2, 0) is 4.79 Å². The van der Waals surface area contributed by atoms with Gasteiger partial charge in [0.1, 0.15) is 0 Å². The van der Waals surface area contributed by atoms with Crippen molar-refractivity contribution in [1.82, 2.24) is 0 Å². The number of rotatable bonds is 4. The lowest BCUT2D eigenvalue weighted by atomic mass is 10.1. The van der Waals surface area contributed by atoms with Crippen molar-refractivity contribution in [2.75, 3.05) is 12.5 Å². The highest BCUT2D eigenvalue weighted by Gasteiger charge is 2.12. The normalized spacial score (nSPS) is 9.80. The fourth-order valence-electron chi connectivity index (χ4n) is 1.36. The Balaban J connectivity index is 3.26. The molecule has 0 aliphatic heterocycles. The Labute approximate surface area is 99.3 Å². The van der Waals surface area contributed by atoms with E-state index in [0.717, 1.165) is 15.4 Å². The Bertz CT molecular complexity index is 362. The van der Waals surface area contributed by atoms with E-state index in [1.807, 2.05) is 42.8 Å². The second kappa shape index (κ2) is 6.03. The van der Waals surface area contributed by atoms with Gasteiger partial charge < -0.3 is 0 Å². The van der Waals surface area contributed by atoms with E-state index >= 15 is 0 Å². The first-order chi connectivity index (χ1) is 7.20. The molecule has 0 N–H and O–H groups in total. The van der Waals surface area contributed by atoms with Gasteiger partial charge in [0.2, 0.25) is 0 Å². The van der Waals surface area contributed by atoms with Crippen LogP contribution in [0, 0.1) is 0 Å². The molecule has 0 aliphatic rings. The predicted octanol–water partition coefficient (Wildman–Crippen LogP) is 3.67. The van der Waals surface area contributed by atoms with Gasteiger partial charge in [0.05, 0.1) is 4.24 Å². The first kappa shape index (κ1) is 12.4. The zero-order chi connectivity index (χ0) is 11.3. The molecule has 0 amide bonds. The number of hydrogen-bond acceptors (Lipinski definition) is 3. The van der Waals surface area contributed by atoms with Crippen molar-refractivity contribution in [3.05, 3.63) is 40.1 Å². The molecule has 0 saturated heterocycles. The maximum Gasteiger partial charge on any atom is 0.162 e. The molecule has 0 atom stereocenters. The highest BCUT2D eigenvalue weighted by atomic mass is 32.2. The molecular weight excluding hydrogens is 224 g/mol. The van der Waals surface area contributed by atoms with Crippen molar-refractivity contribution < 1.29 is 4.79 Å². The summed E-state index contributed by atoms with van der Waals surface area (Å²) < 4.78 is 1.08. The monoisotopic (exact) mass is 238 g/mol. The van der Waals surface area contributed by atoms with E-state index in [2.05, 4.69) is 0 Å².